The molecule has 0 saturated carbocycles. The van der Waals surface area contributed by atoms with Crippen LogP contribution in [0.4, 0.5) is 0 Å². The van der Waals surface area contributed by atoms with Crippen LogP contribution in [0.25, 0.3) is 0 Å². The summed E-state index contributed by atoms with van der Waals surface area (Å²) in [6, 6.07) is 0. The van der Waals surface area contributed by atoms with Gasteiger partial charge in [-0.2, -0.15) is 0 Å². The molecule has 9 nitrogen and oxygen atoms in total. The maximum absolute atomic E-state index is 12.7. The molecule has 0 aromatic heterocycles. The van der Waals surface area contributed by atoms with Crippen molar-refractivity contribution in [2.45, 2.75) is 296 Å². The second-order valence-corrected chi connectivity index (χ2v) is 20.4. The minimum absolute atomic E-state index is 0.0554. The fourth-order valence-corrected chi connectivity index (χ4v) is 9.03. The van der Waals surface area contributed by atoms with Gasteiger partial charge in [-0.3, -0.25) is 13.8 Å². The van der Waals surface area contributed by atoms with Crippen molar-refractivity contribution in [2.75, 3.05) is 33.0 Å². The van der Waals surface area contributed by atoms with Crippen molar-refractivity contribution in [3.8, 4) is 0 Å². The monoisotopic (exact) mass is 931 g/mol. The predicted octanol–water partition coefficient (Wildman–Crippen LogP) is 16.4. The molecule has 10 heteroatoms. The highest BCUT2D eigenvalue weighted by atomic mass is 31.2. The molecule has 0 saturated heterocycles. The summed E-state index contributed by atoms with van der Waals surface area (Å²) >= 11 is 0. The third-order valence-corrected chi connectivity index (χ3v) is 13.4. The lowest BCUT2D eigenvalue weighted by molar-refractivity contribution is -0.154. The molecular formula is C54H107O9P. The summed E-state index contributed by atoms with van der Waals surface area (Å²) < 4.78 is 33.6. The van der Waals surface area contributed by atoms with Gasteiger partial charge in [0.1, 0.15) is 12.2 Å². The average Bonchev–Trinajstić information content (AvgIpc) is 3.29. The number of carbonyl (C=O) groups excluding carboxylic acids is 1. The van der Waals surface area contributed by atoms with E-state index in [2.05, 4.69) is 26.0 Å². The summed E-state index contributed by atoms with van der Waals surface area (Å²) in [6.45, 7) is 3.59. The van der Waals surface area contributed by atoms with Crippen molar-refractivity contribution in [2.24, 2.45) is 0 Å². The van der Waals surface area contributed by atoms with E-state index >= 15 is 0 Å². The molecule has 64 heavy (non-hydrogen) atoms. The molecule has 0 heterocycles. The summed E-state index contributed by atoms with van der Waals surface area (Å²) in [5, 5.41) is 18.4. The normalized spacial score (nSPS) is 13.8. The Morgan fingerprint density at radius 1 is 0.469 bits per heavy atom. The Morgan fingerprint density at radius 2 is 0.797 bits per heavy atom. The standard InChI is InChI=1S/C54H107O9P/c1-3-5-7-9-11-13-15-17-19-21-23-24-25-26-27-29-31-33-35-37-39-41-43-45-47-60-50-53(51-62-64(58,59)61-49-52(56)48-55)63-54(57)46-44-42-40-38-36-34-32-30-28-22-20-18-16-14-12-10-8-6-4-2/h18,20,52-53,55-56H,3-17,19,21-51H2,1-2H3,(H,58,59)/b20-18-. The predicted molar refractivity (Wildman–Crippen MR) is 270 cm³/mol. The van der Waals surface area contributed by atoms with Crippen molar-refractivity contribution >= 4 is 13.8 Å². The maximum Gasteiger partial charge on any atom is 0.472 e. The van der Waals surface area contributed by atoms with Gasteiger partial charge in [-0.1, -0.05) is 251 Å². The molecule has 0 aliphatic rings. The van der Waals surface area contributed by atoms with Gasteiger partial charge in [0, 0.05) is 13.0 Å². The molecule has 3 N–H and O–H groups in total. The summed E-state index contributed by atoms with van der Waals surface area (Å²) in [4.78, 5) is 22.7. The van der Waals surface area contributed by atoms with Crippen molar-refractivity contribution in [1.29, 1.82) is 0 Å². The van der Waals surface area contributed by atoms with E-state index in [1.807, 2.05) is 0 Å². The Labute approximate surface area is 396 Å². The van der Waals surface area contributed by atoms with Gasteiger partial charge in [0.15, 0.2) is 0 Å². The number of ether oxygens (including phenoxy) is 2. The summed E-state index contributed by atoms with van der Waals surface area (Å²) in [5.74, 6) is -0.377. The molecule has 0 amide bonds. The van der Waals surface area contributed by atoms with Gasteiger partial charge in [-0.25, -0.2) is 4.57 Å². The molecule has 0 bridgehead atoms. The first-order valence-electron chi connectivity index (χ1n) is 27.7. The van der Waals surface area contributed by atoms with E-state index in [1.165, 1.54) is 231 Å². The van der Waals surface area contributed by atoms with E-state index in [0.717, 1.165) is 32.1 Å². The number of allylic oxidation sites excluding steroid dienone is 2. The lowest BCUT2D eigenvalue weighted by Gasteiger charge is -2.20. The number of carbonyl (C=O) groups is 1. The minimum Gasteiger partial charge on any atom is -0.457 e. The minimum atomic E-state index is -4.52. The van der Waals surface area contributed by atoms with Gasteiger partial charge in [-0.15, -0.1) is 0 Å². The number of rotatable bonds is 54. The Bertz CT molecular complexity index is 1010. The van der Waals surface area contributed by atoms with Crippen LogP contribution < -0.4 is 0 Å². The zero-order valence-corrected chi connectivity index (χ0v) is 43.2. The van der Waals surface area contributed by atoms with Crippen LogP contribution in [-0.4, -0.2) is 66.3 Å². The first-order valence-corrected chi connectivity index (χ1v) is 29.2. The molecule has 0 aromatic rings. The van der Waals surface area contributed by atoms with Crippen molar-refractivity contribution in [1.82, 2.24) is 0 Å². The summed E-state index contributed by atoms with van der Waals surface area (Å²) in [5.41, 5.74) is 0. The average molecular weight is 931 g/mol. The second kappa shape index (κ2) is 51.6. The van der Waals surface area contributed by atoms with Gasteiger partial charge >= 0.3 is 13.8 Å². The van der Waals surface area contributed by atoms with Crippen LogP contribution in [0.3, 0.4) is 0 Å². The number of phosphoric ester groups is 1. The maximum atomic E-state index is 12.7. The Balaban J connectivity index is 3.97. The van der Waals surface area contributed by atoms with Crippen molar-refractivity contribution < 1.29 is 43.0 Å². The SMILES string of the molecule is CCCCCCCC/C=C\CCCCCCCCCCCC(=O)OC(COCCCCCCCCCCCCCCCCCCCCCCCCCC)COP(=O)(O)OCC(O)CO. The number of hydrogen-bond acceptors (Lipinski definition) is 8. The summed E-state index contributed by atoms with van der Waals surface area (Å²) in [6.07, 6.45) is 56.2. The number of esters is 1. The third-order valence-electron chi connectivity index (χ3n) is 12.5. The fourth-order valence-electron chi connectivity index (χ4n) is 8.24. The number of aliphatic hydroxyl groups is 2. The Morgan fingerprint density at radius 3 is 1.17 bits per heavy atom. The number of phosphoric acid groups is 1. The number of unbranched alkanes of at least 4 members (excludes halogenated alkanes) is 38. The highest BCUT2D eigenvalue weighted by molar-refractivity contribution is 7.47. The third kappa shape index (κ3) is 50.6. The zero-order valence-electron chi connectivity index (χ0n) is 42.3. The first kappa shape index (κ1) is 63.2. The topological polar surface area (TPSA) is 132 Å². The van der Waals surface area contributed by atoms with Crippen LogP contribution >= 0.6 is 7.82 Å². The van der Waals surface area contributed by atoms with Crippen molar-refractivity contribution in [3.63, 3.8) is 0 Å². The molecule has 3 atom stereocenters. The van der Waals surface area contributed by atoms with Gasteiger partial charge in [0.05, 0.1) is 26.4 Å². The van der Waals surface area contributed by atoms with Crippen LogP contribution in [0.1, 0.15) is 284 Å². The smallest absolute Gasteiger partial charge is 0.457 e. The lowest BCUT2D eigenvalue weighted by atomic mass is 10.0. The van der Waals surface area contributed by atoms with Gasteiger partial charge in [0.2, 0.25) is 0 Å². The largest absolute Gasteiger partial charge is 0.472 e. The van der Waals surface area contributed by atoms with Gasteiger partial charge in [0.25, 0.3) is 0 Å². The van der Waals surface area contributed by atoms with Gasteiger partial charge < -0.3 is 24.6 Å². The fraction of sp³-hybridized carbons (Fsp3) is 0.944. The second-order valence-electron chi connectivity index (χ2n) is 19.0. The van der Waals surface area contributed by atoms with Crippen LogP contribution in [0.2, 0.25) is 0 Å². The Kier molecular flexibility index (Phi) is 50.9. The molecule has 0 radical (unpaired) electrons. The quantitative estimate of drug-likeness (QED) is 0.0236. The van der Waals surface area contributed by atoms with Crippen molar-refractivity contribution in [3.05, 3.63) is 12.2 Å². The van der Waals surface area contributed by atoms with Gasteiger partial charge in [-0.05, 0) is 38.5 Å². The highest BCUT2D eigenvalue weighted by Crippen LogP contribution is 2.43. The van der Waals surface area contributed by atoms with E-state index < -0.39 is 33.2 Å². The number of aliphatic hydroxyl groups excluding tert-OH is 2. The summed E-state index contributed by atoms with van der Waals surface area (Å²) in [7, 11) is -4.52. The molecule has 0 aliphatic carbocycles. The molecule has 0 fully saturated rings. The van der Waals surface area contributed by atoms with Crippen LogP contribution in [0, 0.1) is 0 Å². The zero-order chi connectivity index (χ0) is 46.7. The molecule has 0 aliphatic heterocycles. The van der Waals surface area contributed by atoms with Crippen LogP contribution in [0.15, 0.2) is 12.2 Å². The lowest BCUT2D eigenvalue weighted by Crippen LogP contribution is -2.29. The van der Waals surface area contributed by atoms with E-state index in [1.54, 1.807) is 0 Å². The molecule has 382 valence electrons. The first-order chi connectivity index (χ1) is 31.3. The van der Waals surface area contributed by atoms with E-state index in [0.29, 0.717) is 6.61 Å². The Hall–Kier alpha value is -0.800. The van der Waals surface area contributed by atoms with E-state index in [4.69, 9.17) is 23.6 Å². The molecule has 3 unspecified atom stereocenters. The highest BCUT2D eigenvalue weighted by Gasteiger charge is 2.26. The van der Waals surface area contributed by atoms with Crippen LogP contribution in [-0.2, 0) is 27.9 Å². The molecule has 0 rings (SSSR count). The van der Waals surface area contributed by atoms with E-state index in [-0.39, 0.29) is 25.6 Å². The van der Waals surface area contributed by atoms with E-state index in [9.17, 15) is 19.4 Å². The molecule has 0 spiro atoms. The molecule has 0 aromatic carbocycles. The molecular weight excluding hydrogens is 824 g/mol. The number of hydrogen-bond donors (Lipinski definition) is 3. The van der Waals surface area contributed by atoms with Crippen LogP contribution in [0.5, 0.6) is 0 Å².